The first-order chi connectivity index (χ1) is 8.87. The number of methoxy groups -OCH3 is 2. The molecule has 0 aliphatic rings. The molecule has 1 unspecified atom stereocenters. The van der Waals surface area contributed by atoms with Gasteiger partial charge in [-0.25, -0.2) is 0 Å². The lowest BCUT2D eigenvalue weighted by atomic mass is 9.78. The Bertz CT molecular complexity index is 430. The number of rotatable bonds is 6. The lowest BCUT2D eigenvalue weighted by Crippen LogP contribution is -2.31. The average molecular weight is 266 g/mol. The van der Waals surface area contributed by atoms with Crippen molar-refractivity contribution in [2.45, 2.75) is 33.2 Å². The Morgan fingerprint density at radius 3 is 2.21 bits per heavy atom. The van der Waals surface area contributed by atoms with Gasteiger partial charge in [0.05, 0.1) is 14.2 Å². The van der Waals surface area contributed by atoms with Crippen molar-refractivity contribution < 1.29 is 9.47 Å². The molecule has 0 fully saturated rings. The van der Waals surface area contributed by atoms with Crippen LogP contribution in [0.5, 0.6) is 11.5 Å². The summed E-state index contributed by atoms with van der Waals surface area (Å²) in [5, 5.41) is 0. The molecular formula is C15H26N2O2. The van der Waals surface area contributed by atoms with Gasteiger partial charge in [0.25, 0.3) is 0 Å². The van der Waals surface area contributed by atoms with Gasteiger partial charge in [0.1, 0.15) is 11.5 Å². The molecule has 0 saturated heterocycles. The highest BCUT2D eigenvalue weighted by Crippen LogP contribution is 2.40. The lowest BCUT2D eigenvalue weighted by molar-refractivity contribution is 0.263. The SMILES string of the molecule is COc1cc(C(N)C(C)(C)CCN)c(OC)cc1C. The minimum absolute atomic E-state index is 0.0949. The number of hydrogen-bond donors (Lipinski definition) is 2. The van der Waals surface area contributed by atoms with Crippen LogP contribution in [0.4, 0.5) is 0 Å². The van der Waals surface area contributed by atoms with Crippen molar-refractivity contribution in [2.24, 2.45) is 16.9 Å². The maximum Gasteiger partial charge on any atom is 0.124 e. The third kappa shape index (κ3) is 3.39. The molecule has 0 amide bonds. The molecule has 4 N–H and O–H groups in total. The van der Waals surface area contributed by atoms with E-state index in [0.29, 0.717) is 6.54 Å². The van der Waals surface area contributed by atoms with Crippen molar-refractivity contribution in [1.82, 2.24) is 0 Å². The van der Waals surface area contributed by atoms with Crippen LogP contribution in [0.1, 0.15) is 37.4 Å². The highest BCUT2D eigenvalue weighted by Gasteiger charge is 2.29. The van der Waals surface area contributed by atoms with Gasteiger partial charge in [-0.2, -0.15) is 0 Å². The molecule has 0 bridgehead atoms. The molecule has 108 valence electrons. The fourth-order valence-corrected chi connectivity index (χ4v) is 2.27. The number of aryl methyl sites for hydroxylation is 1. The molecule has 1 aromatic carbocycles. The summed E-state index contributed by atoms with van der Waals surface area (Å²) in [6.45, 7) is 6.85. The molecule has 0 aromatic heterocycles. The summed E-state index contributed by atoms with van der Waals surface area (Å²) in [7, 11) is 3.32. The van der Waals surface area contributed by atoms with E-state index in [9.17, 15) is 0 Å². The van der Waals surface area contributed by atoms with Crippen LogP contribution in [0.2, 0.25) is 0 Å². The summed E-state index contributed by atoms with van der Waals surface area (Å²) in [6.07, 6.45) is 0.855. The standard InChI is InChI=1S/C15H26N2O2/c1-10-8-13(19-5)11(9-12(10)18-4)14(17)15(2,3)6-7-16/h8-9,14H,6-7,16-17H2,1-5H3. The molecular weight excluding hydrogens is 240 g/mol. The van der Waals surface area contributed by atoms with Crippen molar-refractivity contribution in [3.8, 4) is 11.5 Å². The van der Waals surface area contributed by atoms with Crippen LogP contribution in [-0.2, 0) is 0 Å². The van der Waals surface area contributed by atoms with E-state index in [1.54, 1.807) is 14.2 Å². The molecule has 0 saturated carbocycles. The van der Waals surface area contributed by atoms with Gasteiger partial charge < -0.3 is 20.9 Å². The fraction of sp³-hybridized carbons (Fsp3) is 0.600. The van der Waals surface area contributed by atoms with E-state index >= 15 is 0 Å². The number of benzene rings is 1. The second-order valence-corrected chi connectivity index (χ2v) is 5.57. The van der Waals surface area contributed by atoms with Crippen molar-refractivity contribution >= 4 is 0 Å². The van der Waals surface area contributed by atoms with Crippen LogP contribution in [0.3, 0.4) is 0 Å². The molecule has 19 heavy (non-hydrogen) atoms. The Morgan fingerprint density at radius 1 is 1.16 bits per heavy atom. The third-order valence-electron chi connectivity index (χ3n) is 3.71. The molecule has 1 atom stereocenters. The van der Waals surface area contributed by atoms with E-state index < -0.39 is 0 Å². The molecule has 0 heterocycles. The van der Waals surface area contributed by atoms with Crippen LogP contribution < -0.4 is 20.9 Å². The van der Waals surface area contributed by atoms with E-state index in [-0.39, 0.29) is 11.5 Å². The van der Waals surface area contributed by atoms with Gasteiger partial charge in [-0.05, 0) is 43.0 Å². The normalized spacial score (nSPS) is 13.2. The van der Waals surface area contributed by atoms with Crippen LogP contribution in [0.15, 0.2) is 12.1 Å². The number of hydrogen-bond acceptors (Lipinski definition) is 4. The second kappa shape index (κ2) is 6.26. The number of ether oxygens (including phenoxy) is 2. The Morgan fingerprint density at radius 2 is 1.74 bits per heavy atom. The summed E-state index contributed by atoms with van der Waals surface area (Å²) in [6, 6.07) is 3.78. The van der Waals surface area contributed by atoms with Gasteiger partial charge in [0, 0.05) is 11.6 Å². The average Bonchev–Trinajstić information content (AvgIpc) is 2.37. The molecule has 1 rings (SSSR count). The minimum atomic E-state index is -0.152. The van der Waals surface area contributed by atoms with Crippen LogP contribution in [0.25, 0.3) is 0 Å². The highest BCUT2D eigenvalue weighted by atomic mass is 16.5. The predicted molar refractivity (Wildman–Crippen MR) is 78.7 cm³/mol. The van der Waals surface area contributed by atoms with Crippen molar-refractivity contribution in [3.05, 3.63) is 23.3 Å². The monoisotopic (exact) mass is 266 g/mol. The largest absolute Gasteiger partial charge is 0.496 e. The molecule has 4 nitrogen and oxygen atoms in total. The Hall–Kier alpha value is -1.26. The molecule has 0 aliphatic heterocycles. The van der Waals surface area contributed by atoms with Gasteiger partial charge in [0.2, 0.25) is 0 Å². The second-order valence-electron chi connectivity index (χ2n) is 5.57. The zero-order valence-corrected chi connectivity index (χ0v) is 12.6. The summed E-state index contributed by atoms with van der Waals surface area (Å²) in [4.78, 5) is 0. The van der Waals surface area contributed by atoms with Gasteiger partial charge in [0.15, 0.2) is 0 Å². The molecule has 4 heteroatoms. The first-order valence-electron chi connectivity index (χ1n) is 6.55. The lowest BCUT2D eigenvalue weighted by Gasteiger charge is -2.32. The van der Waals surface area contributed by atoms with Crippen LogP contribution in [0, 0.1) is 12.3 Å². The molecule has 0 radical (unpaired) electrons. The third-order valence-corrected chi connectivity index (χ3v) is 3.71. The van der Waals surface area contributed by atoms with Crippen molar-refractivity contribution in [2.75, 3.05) is 20.8 Å². The van der Waals surface area contributed by atoms with Crippen molar-refractivity contribution in [1.29, 1.82) is 0 Å². The van der Waals surface area contributed by atoms with E-state index in [1.807, 2.05) is 19.1 Å². The zero-order valence-electron chi connectivity index (χ0n) is 12.6. The van der Waals surface area contributed by atoms with E-state index in [4.69, 9.17) is 20.9 Å². The fourth-order valence-electron chi connectivity index (χ4n) is 2.27. The first kappa shape index (κ1) is 15.8. The van der Waals surface area contributed by atoms with Crippen LogP contribution >= 0.6 is 0 Å². The first-order valence-corrected chi connectivity index (χ1v) is 6.55. The number of nitrogens with two attached hydrogens (primary N) is 2. The van der Waals surface area contributed by atoms with Crippen LogP contribution in [-0.4, -0.2) is 20.8 Å². The van der Waals surface area contributed by atoms with E-state index in [2.05, 4.69) is 13.8 Å². The quantitative estimate of drug-likeness (QED) is 0.829. The Balaban J connectivity index is 3.24. The summed E-state index contributed by atoms with van der Waals surface area (Å²) >= 11 is 0. The summed E-state index contributed by atoms with van der Waals surface area (Å²) in [5.41, 5.74) is 14.0. The van der Waals surface area contributed by atoms with Gasteiger partial charge >= 0.3 is 0 Å². The molecule has 0 aliphatic carbocycles. The minimum Gasteiger partial charge on any atom is -0.496 e. The van der Waals surface area contributed by atoms with E-state index in [1.165, 1.54) is 0 Å². The highest BCUT2D eigenvalue weighted by molar-refractivity contribution is 5.47. The summed E-state index contributed by atoms with van der Waals surface area (Å²) < 4.78 is 10.8. The van der Waals surface area contributed by atoms with Crippen molar-refractivity contribution in [3.63, 3.8) is 0 Å². The topological polar surface area (TPSA) is 70.5 Å². The van der Waals surface area contributed by atoms with Gasteiger partial charge in [-0.3, -0.25) is 0 Å². The Labute approximate surface area is 116 Å². The maximum atomic E-state index is 6.42. The van der Waals surface area contributed by atoms with Gasteiger partial charge in [-0.1, -0.05) is 13.8 Å². The predicted octanol–water partition coefficient (Wildman–Crippen LogP) is 2.39. The molecule has 1 aromatic rings. The maximum absolute atomic E-state index is 6.42. The zero-order chi connectivity index (χ0) is 14.6. The molecule has 0 spiro atoms. The smallest absolute Gasteiger partial charge is 0.124 e. The van der Waals surface area contributed by atoms with E-state index in [0.717, 1.165) is 29.0 Å². The Kier molecular flexibility index (Phi) is 5.20. The summed E-state index contributed by atoms with van der Waals surface area (Å²) in [5.74, 6) is 1.63. The van der Waals surface area contributed by atoms with Gasteiger partial charge in [-0.15, -0.1) is 0 Å².